The number of unbranched alkanes of at least 4 members (excludes halogenated alkanes) is 3. The van der Waals surface area contributed by atoms with Gasteiger partial charge in [0, 0.05) is 7.26 Å². The molecule has 1 heteroatoms. The molecule has 0 saturated heterocycles. The summed E-state index contributed by atoms with van der Waals surface area (Å²) in [7, 11) is -0.769. The molecule has 138 valence electrons. The van der Waals surface area contributed by atoms with Crippen LogP contribution < -0.4 is 0 Å². The Morgan fingerprint density at radius 1 is 0.826 bits per heavy atom. The molecule has 1 fully saturated rings. The zero-order valence-electron chi connectivity index (χ0n) is 17.2. The minimum atomic E-state index is -0.769. The first-order valence-electron chi connectivity index (χ1n) is 10.9. The lowest BCUT2D eigenvalue weighted by molar-refractivity contribution is 0.238. The van der Waals surface area contributed by atoms with Crippen molar-refractivity contribution in [2.45, 2.75) is 105 Å². The third kappa shape index (κ3) is 6.34. The first-order valence-corrected chi connectivity index (χ1v) is 13.3. The summed E-state index contributed by atoms with van der Waals surface area (Å²) in [5, 5.41) is 0. The molecule has 1 aliphatic carbocycles. The summed E-state index contributed by atoms with van der Waals surface area (Å²) in [5.74, 6) is 2.92. The monoisotopic (exact) mass is 341 g/mol. The van der Waals surface area contributed by atoms with E-state index >= 15 is 0 Å². The molecule has 1 aliphatic rings. The Labute approximate surface area is 148 Å². The fourth-order valence-corrected chi connectivity index (χ4v) is 11.7. The Bertz CT molecular complexity index is 275. The summed E-state index contributed by atoms with van der Waals surface area (Å²) in [6.45, 7) is 14.8. The molecule has 0 heterocycles. The predicted molar refractivity (Wildman–Crippen MR) is 111 cm³/mol. The fraction of sp³-hybridized carbons (Fsp3) is 1.00. The minimum Gasteiger partial charge on any atom is -0.0652 e. The van der Waals surface area contributed by atoms with Crippen molar-refractivity contribution in [2.24, 2.45) is 17.8 Å². The maximum Gasteiger partial charge on any atom is 0.0730 e. The Balaban J connectivity index is 3.07. The summed E-state index contributed by atoms with van der Waals surface area (Å²) < 4.78 is 0. The van der Waals surface area contributed by atoms with Crippen LogP contribution in [0.3, 0.4) is 0 Å². The van der Waals surface area contributed by atoms with Crippen LogP contribution in [0.15, 0.2) is 0 Å². The van der Waals surface area contributed by atoms with Gasteiger partial charge in [0.25, 0.3) is 0 Å². The smallest absolute Gasteiger partial charge is 0.0652 e. The molecule has 0 N–H and O–H groups in total. The van der Waals surface area contributed by atoms with Crippen molar-refractivity contribution < 1.29 is 0 Å². The maximum absolute atomic E-state index is 2.54. The van der Waals surface area contributed by atoms with Gasteiger partial charge in [0.05, 0.1) is 24.1 Å². The molecular weight excluding hydrogens is 295 g/mol. The molecule has 1 saturated carbocycles. The van der Waals surface area contributed by atoms with Gasteiger partial charge in [-0.3, -0.25) is 0 Å². The number of rotatable bonds is 11. The van der Waals surface area contributed by atoms with Gasteiger partial charge in [0.15, 0.2) is 0 Å². The van der Waals surface area contributed by atoms with Crippen molar-refractivity contribution >= 4 is 7.26 Å². The molecule has 1 rings (SSSR count). The zero-order chi connectivity index (χ0) is 17.3. The van der Waals surface area contributed by atoms with Crippen LogP contribution >= 0.6 is 7.26 Å². The van der Waals surface area contributed by atoms with E-state index in [9.17, 15) is 0 Å². The molecular formula is C22H46P+. The molecule has 0 spiro atoms. The van der Waals surface area contributed by atoms with E-state index in [2.05, 4.69) is 41.5 Å². The highest BCUT2D eigenvalue weighted by Gasteiger charge is 2.50. The molecule has 0 nitrogen and oxygen atoms in total. The second-order valence-corrected chi connectivity index (χ2v) is 13.3. The van der Waals surface area contributed by atoms with Crippen LogP contribution in [0.2, 0.25) is 0 Å². The Morgan fingerprint density at radius 3 is 1.70 bits per heavy atom. The second kappa shape index (κ2) is 11.1. The van der Waals surface area contributed by atoms with E-state index in [1.54, 1.807) is 24.9 Å². The largest absolute Gasteiger partial charge is 0.0730 e. The van der Waals surface area contributed by atoms with Gasteiger partial charge < -0.3 is 0 Å². The SMILES string of the molecule is CCCC[P+](CCCC)(CCCC)[C@@H]1C[C@H](C)CC[C@H]1C(C)C. The van der Waals surface area contributed by atoms with E-state index in [1.165, 1.54) is 51.4 Å². The van der Waals surface area contributed by atoms with Gasteiger partial charge in [0.1, 0.15) is 0 Å². The molecule has 0 amide bonds. The van der Waals surface area contributed by atoms with Crippen molar-refractivity contribution in [1.29, 1.82) is 0 Å². The van der Waals surface area contributed by atoms with Crippen molar-refractivity contribution in [3.8, 4) is 0 Å². The van der Waals surface area contributed by atoms with Crippen LogP contribution in [-0.4, -0.2) is 24.1 Å². The Kier molecular flexibility index (Phi) is 10.4. The van der Waals surface area contributed by atoms with Crippen LogP contribution in [-0.2, 0) is 0 Å². The molecule has 0 aliphatic heterocycles. The summed E-state index contributed by atoms with van der Waals surface area (Å²) in [6, 6.07) is 0. The van der Waals surface area contributed by atoms with E-state index in [4.69, 9.17) is 0 Å². The molecule has 0 aromatic rings. The quantitative estimate of drug-likeness (QED) is 0.335. The van der Waals surface area contributed by atoms with Crippen LogP contribution in [0.25, 0.3) is 0 Å². The van der Waals surface area contributed by atoms with Crippen LogP contribution in [0.1, 0.15) is 99.3 Å². The summed E-state index contributed by atoms with van der Waals surface area (Å²) in [5.41, 5.74) is 1.11. The summed E-state index contributed by atoms with van der Waals surface area (Å²) in [4.78, 5) is 0. The summed E-state index contributed by atoms with van der Waals surface area (Å²) in [6.07, 6.45) is 18.1. The number of hydrogen-bond acceptors (Lipinski definition) is 0. The zero-order valence-corrected chi connectivity index (χ0v) is 18.1. The minimum absolute atomic E-state index is 0.769. The second-order valence-electron chi connectivity index (χ2n) is 8.84. The van der Waals surface area contributed by atoms with Crippen LogP contribution in [0.4, 0.5) is 0 Å². The Morgan fingerprint density at radius 2 is 1.30 bits per heavy atom. The number of hydrogen-bond donors (Lipinski definition) is 0. The van der Waals surface area contributed by atoms with Gasteiger partial charge in [-0.1, -0.05) is 67.2 Å². The van der Waals surface area contributed by atoms with E-state index < -0.39 is 7.26 Å². The average molecular weight is 342 g/mol. The Hall–Kier alpha value is 0.430. The first-order chi connectivity index (χ1) is 11.0. The molecule has 3 atom stereocenters. The normalized spacial score (nSPS) is 26.0. The molecule has 0 unspecified atom stereocenters. The molecule has 0 radical (unpaired) electrons. The maximum atomic E-state index is 2.54. The molecule has 23 heavy (non-hydrogen) atoms. The highest BCUT2D eigenvalue weighted by Crippen LogP contribution is 2.69. The van der Waals surface area contributed by atoms with Crippen molar-refractivity contribution in [3.05, 3.63) is 0 Å². The van der Waals surface area contributed by atoms with Gasteiger partial charge in [-0.25, -0.2) is 0 Å². The van der Waals surface area contributed by atoms with E-state index in [0.717, 1.165) is 23.4 Å². The standard InChI is InChI=1S/C22H46P/c1-7-10-15-23(16-11-8-2,17-12-9-3)22-18-20(6)13-14-21(22)19(4)5/h19-22H,7-18H2,1-6H3/q+1/t20-,21+,22-/m1/s1. The highest BCUT2D eigenvalue weighted by atomic mass is 31.2. The lowest BCUT2D eigenvalue weighted by Gasteiger charge is -2.45. The predicted octanol–water partition coefficient (Wildman–Crippen LogP) is 7.87. The average Bonchev–Trinajstić information content (AvgIpc) is 2.54. The van der Waals surface area contributed by atoms with Crippen molar-refractivity contribution in [3.63, 3.8) is 0 Å². The molecule has 0 aromatic carbocycles. The van der Waals surface area contributed by atoms with Crippen LogP contribution in [0, 0.1) is 17.8 Å². The van der Waals surface area contributed by atoms with E-state index in [-0.39, 0.29) is 0 Å². The van der Waals surface area contributed by atoms with Crippen molar-refractivity contribution in [2.75, 3.05) is 18.5 Å². The van der Waals surface area contributed by atoms with Crippen molar-refractivity contribution in [1.82, 2.24) is 0 Å². The fourth-order valence-electron chi connectivity index (χ4n) is 5.03. The third-order valence-electron chi connectivity index (χ3n) is 6.56. The lowest BCUT2D eigenvalue weighted by Crippen LogP contribution is -2.37. The first kappa shape index (κ1) is 21.5. The van der Waals surface area contributed by atoms with Gasteiger partial charge in [-0.15, -0.1) is 0 Å². The van der Waals surface area contributed by atoms with Gasteiger partial charge >= 0.3 is 0 Å². The topological polar surface area (TPSA) is 0 Å². The highest BCUT2D eigenvalue weighted by molar-refractivity contribution is 7.76. The lowest BCUT2D eigenvalue weighted by atomic mass is 9.77. The van der Waals surface area contributed by atoms with E-state index in [1.807, 2.05) is 0 Å². The van der Waals surface area contributed by atoms with E-state index in [0.29, 0.717) is 0 Å². The van der Waals surface area contributed by atoms with Crippen LogP contribution in [0.5, 0.6) is 0 Å². The van der Waals surface area contributed by atoms with Gasteiger partial charge in [0.2, 0.25) is 0 Å². The molecule has 0 aromatic heterocycles. The summed E-state index contributed by atoms with van der Waals surface area (Å²) >= 11 is 0. The molecule has 0 bridgehead atoms. The third-order valence-corrected chi connectivity index (χ3v) is 12.2. The van der Waals surface area contributed by atoms with Gasteiger partial charge in [-0.2, -0.15) is 0 Å². The van der Waals surface area contributed by atoms with Gasteiger partial charge in [-0.05, 0) is 49.9 Å².